The van der Waals surface area contributed by atoms with Crippen molar-refractivity contribution in [3.63, 3.8) is 0 Å². The minimum absolute atomic E-state index is 0.137. The minimum atomic E-state index is -3.85. The highest BCUT2D eigenvalue weighted by molar-refractivity contribution is 7.93. The van der Waals surface area contributed by atoms with Gasteiger partial charge in [-0.3, -0.25) is 4.72 Å². The molecule has 0 atom stereocenters. The Hall–Kier alpha value is -3.26. The Morgan fingerprint density at radius 3 is 2.29 bits per heavy atom. The van der Waals surface area contributed by atoms with Gasteiger partial charge in [-0.1, -0.05) is 24.3 Å². The van der Waals surface area contributed by atoms with Crippen molar-refractivity contribution in [2.24, 2.45) is 0 Å². The van der Waals surface area contributed by atoms with E-state index < -0.39 is 22.6 Å². The van der Waals surface area contributed by atoms with E-state index in [9.17, 15) is 13.2 Å². The Bertz CT molecular complexity index is 1090. The lowest BCUT2D eigenvalue weighted by molar-refractivity contribution is -0.139. The number of anilines is 1. The first kappa shape index (κ1) is 19.5. The molecule has 0 unspecified atom stereocenters. The Labute approximate surface area is 162 Å². The fourth-order valence-electron chi connectivity index (χ4n) is 2.73. The van der Waals surface area contributed by atoms with E-state index in [0.29, 0.717) is 34.6 Å². The highest BCUT2D eigenvalue weighted by Crippen LogP contribution is 2.32. The lowest BCUT2D eigenvalue weighted by Gasteiger charge is -2.13. The van der Waals surface area contributed by atoms with Gasteiger partial charge in [0.1, 0.15) is 11.5 Å². The molecule has 2 N–H and O–H groups in total. The van der Waals surface area contributed by atoms with Crippen molar-refractivity contribution >= 4 is 32.5 Å². The molecule has 0 radical (unpaired) electrons. The summed E-state index contributed by atoms with van der Waals surface area (Å²) in [4.78, 5) is 10.7. The molecule has 0 bridgehead atoms. The molecule has 8 heteroatoms. The summed E-state index contributed by atoms with van der Waals surface area (Å²) >= 11 is 0. The highest BCUT2D eigenvalue weighted by Gasteiger charge is 2.19. The van der Waals surface area contributed by atoms with Crippen molar-refractivity contribution in [2.75, 3.05) is 17.9 Å². The van der Waals surface area contributed by atoms with E-state index >= 15 is 0 Å². The summed E-state index contributed by atoms with van der Waals surface area (Å²) in [5.41, 5.74) is 0.334. The Morgan fingerprint density at radius 2 is 1.64 bits per heavy atom. The molecular weight excluding hydrogens is 382 g/mol. The van der Waals surface area contributed by atoms with Gasteiger partial charge in [0, 0.05) is 16.5 Å². The number of sulfonamides is 1. The fraction of sp³-hybridized carbons (Fsp3) is 0.150. The molecule has 28 heavy (non-hydrogen) atoms. The van der Waals surface area contributed by atoms with Crippen LogP contribution in [0.25, 0.3) is 10.8 Å². The summed E-state index contributed by atoms with van der Waals surface area (Å²) in [6.45, 7) is 1.87. The molecule has 146 valence electrons. The maximum Gasteiger partial charge on any atom is 0.341 e. The minimum Gasteiger partial charge on any atom is -0.493 e. The zero-order valence-electron chi connectivity index (χ0n) is 15.1. The molecule has 3 aromatic rings. The van der Waals surface area contributed by atoms with E-state index in [1.54, 1.807) is 18.2 Å². The van der Waals surface area contributed by atoms with E-state index in [1.165, 1.54) is 30.3 Å². The van der Waals surface area contributed by atoms with Crippen molar-refractivity contribution in [3.05, 3.63) is 60.7 Å². The van der Waals surface area contributed by atoms with Crippen LogP contribution in [0.2, 0.25) is 0 Å². The lowest BCUT2D eigenvalue weighted by atomic mass is 10.1. The van der Waals surface area contributed by atoms with Crippen LogP contribution < -0.4 is 14.2 Å². The number of aliphatic carboxylic acids is 1. The standard InChI is InChI=1S/C20H19NO6S/c1-2-26-18-11-12-19(17-6-4-3-5-16(17)18)28(24,25)21-14-7-9-15(10-8-14)27-13-20(22)23/h3-12,21H,2,13H2,1H3,(H,22,23). The van der Waals surface area contributed by atoms with Crippen LogP contribution in [-0.2, 0) is 14.8 Å². The number of carboxylic acids is 1. The van der Waals surface area contributed by atoms with E-state index in [0.717, 1.165) is 0 Å². The van der Waals surface area contributed by atoms with Gasteiger partial charge in [-0.2, -0.15) is 0 Å². The topological polar surface area (TPSA) is 102 Å². The van der Waals surface area contributed by atoms with E-state index in [1.807, 2.05) is 19.1 Å². The van der Waals surface area contributed by atoms with Gasteiger partial charge in [-0.15, -0.1) is 0 Å². The summed E-state index contributed by atoms with van der Waals surface area (Å²) in [6.07, 6.45) is 0. The first-order valence-corrected chi connectivity index (χ1v) is 10.0. The van der Waals surface area contributed by atoms with Crippen LogP contribution >= 0.6 is 0 Å². The molecule has 0 spiro atoms. The van der Waals surface area contributed by atoms with Crippen LogP contribution in [-0.4, -0.2) is 32.7 Å². The van der Waals surface area contributed by atoms with Gasteiger partial charge in [0.05, 0.1) is 11.5 Å². The number of nitrogens with one attached hydrogen (secondary N) is 1. The van der Waals surface area contributed by atoms with Crippen molar-refractivity contribution in [1.29, 1.82) is 0 Å². The van der Waals surface area contributed by atoms with E-state index in [2.05, 4.69) is 4.72 Å². The smallest absolute Gasteiger partial charge is 0.341 e. The van der Waals surface area contributed by atoms with Gasteiger partial charge >= 0.3 is 5.97 Å². The molecule has 3 aromatic carbocycles. The third kappa shape index (κ3) is 4.34. The number of rotatable bonds is 8. The molecule has 7 nitrogen and oxygen atoms in total. The number of fused-ring (bicyclic) bond motifs is 1. The summed E-state index contributed by atoms with van der Waals surface area (Å²) in [5, 5.41) is 9.89. The van der Waals surface area contributed by atoms with Crippen molar-refractivity contribution in [1.82, 2.24) is 0 Å². The fourth-order valence-corrected chi connectivity index (χ4v) is 4.00. The van der Waals surface area contributed by atoms with Gasteiger partial charge in [0.25, 0.3) is 10.0 Å². The lowest BCUT2D eigenvalue weighted by Crippen LogP contribution is -2.14. The third-order valence-corrected chi connectivity index (χ3v) is 5.34. The Kier molecular flexibility index (Phi) is 5.70. The maximum atomic E-state index is 12.9. The molecule has 3 rings (SSSR count). The zero-order chi connectivity index (χ0) is 20.1. The molecule has 0 aliphatic heterocycles. The van der Waals surface area contributed by atoms with Gasteiger partial charge in [-0.05, 0) is 43.3 Å². The quantitative estimate of drug-likeness (QED) is 0.599. The number of benzene rings is 3. The summed E-state index contributed by atoms with van der Waals surface area (Å²) in [5.74, 6) is -0.138. The maximum absolute atomic E-state index is 12.9. The third-order valence-electron chi connectivity index (χ3n) is 3.90. The summed E-state index contributed by atoms with van der Waals surface area (Å²) in [7, 11) is -3.85. The first-order chi connectivity index (χ1) is 13.4. The van der Waals surface area contributed by atoms with Crippen molar-refractivity contribution in [3.8, 4) is 11.5 Å². The van der Waals surface area contributed by atoms with Crippen molar-refractivity contribution in [2.45, 2.75) is 11.8 Å². The van der Waals surface area contributed by atoms with Crippen LogP contribution in [0.1, 0.15) is 6.92 Å². The van der Waals surface area contributed by atoms with E-state index in [-0.39, 0.29) is 4.90 Å². The predicted octanol–water partition coefficient (Wildman–Crippen LogP) is 3.50. The molecule has 0 heterocycles. The number of carbonyl (C=O) groups is 1. The average molecular weight is 401 g/mol. The SMILES string of the molecule is CCOc1ccc(S(=O)(=O)Nc2ccc(OCC(=O)O)cc2)c2ccccc12. The highest BCUT2D eigenvalue weighted by atomic mass is 32.2. The predicted molar refractivity (Wildman–Crippen MR) is 105 cm³/mol. The van der Waals surface area contributed by atoms with Crippen LogP contribution in [0, 0.1) is 0 Å². The molecule has 0 saturated carbocycles. The zero-order valence-corrected chi connectivity index (χ0v) is 15.9. The molecule has 0 saturated heterocycles. The van der Waals surface area contributed by atoms with E-state index in [4.69, 9.17) is 14.6 Å². The van der Waals surface area contributed by atoms with Gasteiger partial charge in [0.15, 0.2) is 6.61 Å². The normalized spacial score (nSPS) is 11.2. The largest absolute Gasteiger partial charge is 0.493 e. The van der Waals surface area contributed by atoms with Crippen LogP contribution in [0.3, 0.4) is 0 Å². The molecule has 0 aromatic heterocycles. The second-order valence-corrected chi connectivity index (χ2v) is 7.50. The van der Waals surface area contributed by atoms with Crippen molar-refractivity contribution < 1.29 is 27.8 Å². The summed E-state index contributed by atoms with van der Waals surface area (Å²) < 4.78 is 39.0. The average Bonchev–Trinajstić information content (AvgIpc) is 2.67. The molecular formula is C20H19NO6S. The van der Waals surface area contributed by atoms with Crippen LogP contribution in [0.5, 0.6) is 11.5 Å². The summed E-state index contributed by atoms with van der Waals surface area (Å²) in [6, 6.07) is 16.3. The number of carboxylic acid groups (broad SMARTS) is 1. The van der Waals surface area contributed by atoms with Gasteiger partial charge < -0.3 is 14.6 Å². The number of ether oxygens (including phenoxy) is 2. The Balaban J connectivity index is 1.89. The molecule has 0 amide bonds. The monoisotopic (exact) mass is 401 g/mol. The molecule has 0 fully saturated rings. The van der Waals surface area contributed by atoms with Gasteiger partial charge in [0.2, 0.25) is 0 Å². The number of hydrogen-bond acceptors (Lipinski definition) is 5. The number of hydrogen-bond donors (Lipinski definition) is 2. The van der Waals surface area contributed by atoms with Crippen LogP contribution in [0.15, 0.2) is 65.6 Å². The van der Waals surface area contributed by atoms with Crippen LogP contribution in [0.4, 0.5) is 5.69 Å². The molecule has 0 aliphatic carbocycles. The van der Waals surface area contributed by atoms with Gasteiger partial charge in [-0.25, -0.2) is 13.2 Å². The second-order valence-electron chi connectivity index (χ2n) is 5.85. The Morgan fingerprint density at radius 1 is 0.964 bits per heavy atom. The second kappa shape index (κ2) is 8.18. The molecule has 0 aliphatic rings. The first-order valence-electron chi connectivity index (χ1n) is 8.52.